The molecule has 1 amide bonds. The molecular formula is C27H38ClN3O2S. The first-order valence-electron chi connectivity index (χ1n) is 12.4. The summed E-state index contributed by atoms with van der Waals surface area (Å²) in [5.41, 5.74) is 2.24. The SMILES string of the molecule is Cc1cc(CN2CCCC(COc3ccc(Cl)c(C)c3)(CC(=O)N3CCN(C)CC3)C2)c(C)s1. The van der Waals surface area contributed by atoms with Gasteiger partial charge in [0.25, 0.3) is 0 Å². The molecule has 2 fully saturated rings. The molecule has 2 aliphatic rings. The van der Waals surface area contributed by atoms with Gasteiger partial charge in [0.15, 0.2) is 0 Å². The van der Waals surface area contributed by atoms with Crippen LogP contribution in [0.1, 0.15) is 40.1 Å². The van der Waals surface area contributed by atoms with Crippen molar-refractivity contribution < 1.29 is 9.53 Å². The number of nitrogens with zero attached hydrogens (tertiary/aromatic N) is 3. The zero-order valence-electron chi connectivity index (χ0n) is 21.0. The average molecular weight is 504 g/mol. The van der Waals surface area contributed by atoms with Crippen molar-refractivity contribution in [3.8, 4) is 5.75 Å². The van der Waals surface area contributed by atoms with Crippen molar-refractivity contribution in [2.75, 3.05) is 52.9 Å². The van der Waals surface area contributed by atoms with Gasteiger partial charge in [-0.05, 0) is 82.6 Å². The summed E-state index contributed by atoms with van der Waals surface area (Å²) in [6.45, 7) is 13.4. The van der Waals surface area contributed by atoms with E-state index in [9.17, 15) is 4.79 Å². The summed E-state index contributed by atoms with van der Waals surface area (Å²) in [4.78, 5) is 23.1. The largest absolute Gasteiger partial charge is 0.493 e. The van der Waals surface area contributed by atoms with E-state index in [2.05, 4.69) is 41.7 Å². The smallest absolute Gasteiger partial charge is 0.223 e. The number of halogens is 1. The third-order valence-electron chi connectivity index (χ3n) is 7.33. The van der Waals surface area contributed by atoms with Gasteiger partial charge in [0, 0.05) is 65.9 Å². The van der Waals surface area contributed by atoms with Crippen molar-refractivity contribution in [2.24, 2.45) is 5.41 Å². The minimum Gasteiger partial charge on any atom is -0.493 e. The topological polar surface area (TPSA) is 36.0 Å². The lowest BCUT2D eigenvalue weighted by Gasteiger charge is -2.43. The van der Waals surface area contributed by atoms with Gasteiger partial charge in [-0.25, -0.2) is 0 Å². The first-order valence-corrected chi connectivity index (χ1v) is 13.6. The predicted octanol–water partition coefficient (Wildman–Crippen LogP) is 5.15. The molecule has 186 valence electrons. The zero-order chi connectivity index (χ0) is 24.3. The van der Waals surface area contributed by atoms with E-state index in [4.69, 9.17) is 16.3 Å². The van der Waals surface area contributed by atoms with Crippen LogP contribution in [0.3, 0.4) is 0 Å². The Morgan fingerprint density at radius 3 is 2.56 bits per heavy atom. The minimum atomic E-state index is -0.189. The molecule has 0 bridgehead atoms. The Labute approximate surface area is 213 Å². The molecule has 0 radical (unpaired) electrons. The Bertz CT molecular complexity index is 1000. The first-order chi connectivity index (χ1) is 16.2. The van der Waals surface area contributed by atoms with Crippen molar-refractivity contribution in [3.63, 3.8) is 0 Å². The molecule has 2 aromatic rings. The van der Waals surface area contributed by atoms with Gasteiger partial charge < -0.3 is 14.5 Å². The highest BCUT2D eigenvalue weighted by Crippen LogP contribution is 2.37. The van der Waals surface area contributed by atoms with E-state index < -0.39 is 0 Å². The predicted molar refractivity (Wildman–Crippen MR) is 141 cm³/mol. The fraction of sp³-hybridized carbons (Fsp3) is 0.593. The number of piperazine rings is 1. The fourth-order valence-electron chi connectivity index (χ4n) is 5.27. The maximum absolute atomic E-state index is 13.4. The van der Waals surface area contributed by atoms with E-state index >= 15 is 0 Å². The quantitative estimate of drug-likeness (QED) is 0.523. The van der Waals surface area contributed by atoms with Gasteiger partial charge in [0.1, 0.15) is 5.75 Å². The van der Waals surface area contributed by atoms with Crippen LogP contribution in [0.4, 0.5) is 0 Å². The number of carbonyl (C=O) groups is 1. The van der Waals surface area contributed by atoms with E-state index in [0.717, 1.165) is 75.0 Å². The van der Waals surface area contributed by atoms with Gasteiger partial charge in [0.05, 0.1) is 6.61 Å². The van der Waals surface area contributed by atoms with Gasteiger partial charge in [-0.3, -0.25) is 9.69 Å². The number of thiophene rings is 1. The summed E-state index contributed by atoms with van der Waals surface area (Å²) in [7, 11) is 2.12. The first kappa shape index (κ1) is 25.5. The standard InChI is InChI=1S/C27H38ClN3O2S/c1-20-14-24(6-7-25(20)28)33-19-27(16-26(32)31-12-10-29(4)11-13-31)8-5-9-30(18-27)17-23-15-21(2)34-22(23)3/h6-7,14-15H,5,8-13,16-19H2,1-4H3. The molecule has 0 N–H and O–H groups in total. The van der Waals surface area contributed by atoms with Crippen LogP contribution in [0.2, 0.25) is 5.02 Å². The molecule has 7 heteroatoms. The van der Waals surface area contributed by atoms with Gasteiger partial charge in [-0.15, -0.1) is 11.3 Å². The van der Waals surface area contributed by atoms with Crippen LogP contribution in [0.15, 0.2) is 24.3 Å². The summed E-state index contributed by atoms with van der Waals surface area (Å²) in [5.74, 6) is 1.10. The zero-order valence-corrected chi connectivity index (χ0v) is 22.6. The van der Waals surface area contributed by atoms with Gasteiger partial charge >= 0.3 is 0 Å². The third kappa shape index (κ3) is 6.34. The van der Waals surface area contributed by atoms with E-state index in [1.54, 1.807) is 0 Å². The molecule has 34 heavy (non-hydrogen) atoms. The fourth-order valence-corrected chi connectivity index (χ4v) is 6.33. The molecule has 1 aromatic heterocycles. The molecule has 0 spiro atoms. The summed E-state index contributed by atoms with van der Waals surface area (Å²) >= 11 is 8.09. The second-order valence-corrected chi connectivity index (χ2v) is 12.2. The highest BCUT2D eigenvalue weighted by atomic mass is 35.5. The minimum absolute atomic E-state index is 0.189. The molecule has 1 unspecified atom stereocenters. The molecule has 1 atom stereocenters. The highest BCUT2D eigenvalue weighted by Gasteiger charge is 2.40. The number of hydrogen-bond acceptors (Lipinski definition) is 5. The number of hydrogen-bond donors (Lipinski definition) is 0. The highest BCUT2D eigenvalue weighted by molar-refractivity contribution is 7.12. The lowest BCUT2D eigenvalue weighted by Crippen LogP contribution is -2.52. The molecule has 0 saturated carbocycles. The number of likely N-dealkylation sites (N-methyl/N-ethyl adjacent to an activating group) is 1. The van der Waals surface area contributed by atoms with Crippen LogP contribution in [-0.2, 0) is 11.3 Å². The van der Waals surface area contributed by atoms with Gasteiger partial charge in [-0.2, -0.15) is 0 Å². The van der Waals surface area contributed by atoms with E-state index in [0.29, 0.717) is 13.0 Å². The van der Waals surface area contributed by atoms with E-state index in [1.807, 2.05) is 36.5 Å². The number of piperidine rings is 1. The number of carbonyl (C=O) groups excluding carboxylic acids is 1. The van der Waals surface area contributed by atoms with Crippen LogP contribution in [0, 0.1) is 26.2 Å². The van der Waals surface area contributed by atoms with Crippen LogP contribution >= 0.6 is 22.9 Å². The number of amides is 1. The van der Waals surface area contributed by atoms with Gasteiger partial charge in [-0.1, -0.05) is 11.6 Å². The number of rotatable bonds is 7. The normalized spacial score (nSPS) is 22.2. The Morgan fingerprint density at radius 2 is 1.88 bits per heavy atom. The van der Waals surface area contributed by atoms with E-state index in [-0.39, 0.29) is 11.3 Å². The molecule has 2 aliphatic heterocycles. The molecule has 2 saturated heterocycles. The van der Waals surface area contributed by atoms with Crippen LogP contribution in [0.5, 0.6) is 5.75 Å². The van der Waals surface area contributed by atoms with Crippen LogP contribution in [-0.4, -0.2) is 73.5 Å². The maximum atomic E-state index is 13.4. The number of ether oxygens (including phenoxy) is 1. The van der Waals surface area contributed by atoms with E-state index in [1.165, 1.54) is 15.3 Å². The molecule has 0 aliphatic carbocycles. The molecule has 3 heterocycles. The molecule has 4 rings (SSSR count). The summed E-state index contributed by atoms with van der Waals surface area (Å²) < 4.78 is 6.35. The Hall–Kier alpha value is -1.60. The Balaban J connectivity index is 1.50. The third-order valence-corrected chi connectivity index (χ3v) is 8.77. The lowest BCUT2D eigenvalue weighted by molar-refractivity contribution is -0.137. The van der Waals surface area contributed by atoms with Crippen molar-refractivity contribution >= 4 is 28.8 Å². The van der Waals surface area contributed by atoms with Gasteiger partial charge in [0.2, 0.25) is 5.91 Å². The number of benzene rings is 1. The number of likely N-dealkylation sites (tertiary alicyclic amines) is 1. The second-order valence-electron chi connectivity index (χ2n) is 10.3. The molecular weight excluding hydrogens is 466 g/mol. The summed E-state index contributed by atoms with van der Waals surface area (Å²) in [6.07, 6.45) is 2.64. The monoisotopic (exact) mass is 503 g/mol. The average Bonchev–Trinajstić information content (AvgIpc) is 3.11. The van der Waals surface area contributed by atoms with Crippen molar-refractivity contribution in [3.05, 3.63) is 50.2 Å². The molecule has 5 nitrogen and oxygen atoms in total. The summed E-state index contributed by atoms with van der Waals surface area (Å²) in [6, 6.07) is 8.14. The van der Waals surface area contributed by atoms with Crippen LogP contribution < -0.4 is 4.74 Å². The van der Waals surface area contributed by atoms with Crippen molar-refractivity contribution in [1.82, 2.24) is 14.7 Å². The Morgan fingerprint density at radius 1 is 1.12 bits per heavy atom. The van der Waals surface area contributed by atoms with Crippen molar-refractivity contribution in [1.29, 1.82) is 0 Å². The van der Waals surface area contributed by atoms with Crippen LogP contribution in [0.25, 0.3) is 0 Å². The second kappa shape index (κ2) is 11.0. The summed E-state index contributed by atoms with van der Waals surface area (Å²) in [5, 5.41) is 0.748. The number of aryl methyl sites for hydroxylation is 3. The maximum Gasteiger partial charge on any atom is 0.223 e. The Kier molecular flexibility index (Phi) is 8.24. The molecule has 1 aromatic carbocycles. The lowest BCUT2D eigenvalue weighted by atomic mass is 9.77. The van der Waals surface area contributed by atoms with Crippen molar-refractivity contribution in [2.45, 2.75) is 46.6 Å².